The molecule has 1 atom stereocenters. The summed E-state index contributed by atoms with van der Waals surface area (Å²) in [7, 11) is 1.59. The standard InChI is InChI=1S/C17H25N3O3S2/c1-5-10(2)8-12-11(3)25-16-14(12)15(22)19-17(20-16)24-9-13(21)18-6-7-23-4/h10H,5-9H2,1-4H3,(H,18,21)(H,19,20,22)/t10-/m1/s1. The molecule has 0 aliphatic carbocycles. The van der Waals surface area contributed by atoms with E-state index in [1.807, 2.05) is 6.92 Å². The van der Waals surface area contributed by atoms with E-state index >= 15 is 0 Å². The van der Waals surface area contributed by atoms with Crippen molar-refractivity contribution < 1.29 is 9.53 Å². The van der Waals surface area contributed by atoms with Crippen molar-refractivity contribution in [3.05, 3.63) is 20.8 Å². The van der Waals surface area contributed by atoms with E-state index in [2.05, 4.69) is 29.1 Å². The number of carbonyl (C=O) groups is 1. The van der Waals surface area contributed by atoms with Gasteiger partial charge in [-0.05, 0) is 24.8 Å². The number of aryl methyl sites for hydroxylation is 1. The molecule has 0 aliphatic heterocycles. The van der Waals surface area contributed by atoms with Crippen LogP contribution < -0.4 is 10.9 Å². The highest BCUT2D eigenvalue weighted by Crippen LogP contribution is 2.30. The van der Waals surface area contributed by atoms with Crippen LogP contribution in [-0.4, -0.2) is 41.9 Å². The zero-order valence-corrected chi connectivity index (χ0v) is 16.7. The van der Waals surface area contributed by atoms with Gasteiger partial charge >= 0.3 is 0 Å². The van der Waals surface area contributed by atoms with Gasteiger partial charge in [0.25, 0.3) is 5.56 Å². The molecule has 138 valence electrons. The van der Waals surface area contributed by atoms with E-state index < -0.39 is 0 Å². The minimum absolute atomic E-state index is 0.107. The first kappa shape index (κ1) is 19.9. The Bertz CT molecular complexity index is 785. The van der Waals surface area contributed by atoms with Crippen molar-refractivity contribution in [2.45, 2.75) is 38.8 Å². The van der Waals surface area contributed by atoms with Crippen molar-refractivity contribution in [2.75, 3.05) is 26.0 Å². The van der Waals surface area contributed by atoms with Crippen molar-refractivity contribution in [1.29, 1.82) is 0 Å². The van der Waals surface area contributed by atoms with Gasteiger partial charge in [0.2, 0.25) is 5.91 Å². The highest BCUT2D eigenvalue weighted by molar-refractivity contribution is 7.99. The van der Waals surface area contributed by atoms with Crippen LogP contribution in [0.5, 0.6) is 0 Å². The van der Waals surface area contributed by atoms with Gasteiger partial charge in [-0.15, -0.1) is 11.3 Å². The Labute approximate surface area is 155 Å². The number of methoxy groups -OCH3 is 1. The molecule has 6 nitrogen and oxygen atoms in total. The number of amides is 1. The molecule has 1 amide bonds. The largest absolute Gasteiger partial charge is 0.383 e. The van der Waals surface area contributed by atoms with E-state index in [4.69, 9.17) is 4.74 Å². The molecule has 0 radical (unpaired) electrons. The van der Waals surface area contributed by atoms with Crippen molar-refractivity contribution in [1.82, 2.24) is 15.3 Å². The summed E-state index contributed by atoms with van der Waals surface area (Å²) < 4.78 is 4.89. The van der Waals surface area contributed by atoms with Crippen molar-refractivity contribution in [3.8, 4) is 0 Å². The third-order valence-electron chi connectivity index (χ3n) is 4.06. The van der Waals surface area contributed by atoms with Crippen LogP contribution in [0.25, 0.3) is 10.2 Å². The van der Waals surface area contributed by atoms with Gasteiger partial charge in [-0.25, -0.2) is 4.98 Å². The Morgan fingerprint density at radius 2 is 2.24 bits per heavy atom. The average Bonchev–Trinajstić information content (AvgIpc) is 2.89. The Hall–Kier alpha value is -1.38. The summed E-state index contributed by atoms with van der Waals surface area (Å²) in [6.07, 6.45) is 1.97. The van der Waals surface area contributed by atoms with Crippen LogP contribution in [0.2, 0.25) is 0 Å². The minimum Gasteiger partial charge on any atom is -0.383 e. The van der Waals surface area contributed by atoms with E-state index in [9.17, 15) is 9.59 Å². The number of rotatable bonds is 9. The molecule has 0 bridgehead atoms. The lowest BCUT2D eigenvalue weighted by atomic mass is 9.98. The zero-order chi connectivity index (χ0) is 18.4. The topological polar surface area (TPSA) is 84.1 Å². The molecule has 8 heteroatoms. The Kier molecular flexibility index (Phi) is 7.46. The van der Waals surface area contributed by atoms with Gasteiger partial charge in [-0.3, -0.25) is 9.59 Å². The Morgan fingerprint density at radius 3 is 2.92 bits per heavy atom. The summed E-state index contributed by atoms with van der Waals surface area (Å²) in [5.74, 6) is 0.632. The first-order valence-corrected chi connectivity index (χ1v) is 10.2. The molecule has 0 spiro atoms. The summed E-state index contributed by atoms with van der Waals surface area (Å²) in [6.45, 7) is 7.34. The molecule has 2 rings (SSSR count). The first-order chi connectivity index (χ1) is 12.0. The van der Waals surface area contributed by atoms with Gasteiger partial charge in [0, 0.05) is 18.5 Å². The van der Waals surface area contributed by atoms with Crippen LogP contribution in [0.1, 0.15) is 30.7 Å². The monoisotopic (exact) mass is 383 g/mol. The zero-order valence-electron chi connectivity index (χ0n) is 15.1. The van der Waals surface area contributed by atoms with Gasteiger partial charge < -0.3 is 15.0 Å². The molecular formula is C17H25N3O3S2. The number of carbonyl (C=O) groups excluding carboxylic acids is 1. The third kappa shape index (κ3) is 5.29. The van der Waals surface area contributed by atoms with Gasteiger partial charge in [-0.2, -0.15) is 0 Å². The maximum absolute atomic E-state index is 12.5. The number of hydrogen-bond donors (Lipinski definition) is 2. The fourth-order valence-electron chi connectivity index (χ4n) is 2.44. The quantitative estimate of drug-likeness (QED) is 0.395. The van der Waals surface area contributed by atoms with E-state index in [1.54, 1.807) is 18.4 Å². The predicted molar refractivity (Wildman–Crippen MR) is 104 cm³/mol. The van der Waals surface area contributed by atoms with Crippen LogP contribution in [0.15, 0.2) is 9.95 Å². The summed E-state index contributed by atoms with van der Waals surface area (Å²) in [4.78, 5) is 33.5. The molecular weight excluding hydrogens is 358 g/mol. The number of nitrogens with zero attached hydrogens (tertiary/aromatic N) is 1. The molecule has 2 aromatic rings. The number of aromatic nitrogens is 2. The van der Waals surface area contributed by atoms with Crippen LogP contribution in [0.3, 0.4) is 0 Å². The highest BCUT2D eigenvalue weighted by atomic mass is 32.2. The van der Waals surface area contributed by atoms with Crippen LogP contribution in [0.4, 0.5) is 0 Å². The molecule has 2 aromatic heterocycles. The van der Waals surface area contributed by atoms with Crippen LogP contribution >= 0.6 is 23.1 Å². The molecule has 2 N–H and O–H groups in total. The molecule has 0 saturated carbocycles. The molecule has 2 heterocycles. The normalized spacial score (nSPS) is 12.5. The van der Waals surface area contributed by atoms with Gasteiger partial charge in [-0.1, -0.05) is 32.0 Å². The number of nitrogens with one attached hydrogen (secondary N) is 2. The van der Waals surface area contributed by atoms with Crippen molar-refractivity contribution in [2.24, 2.45) is 5.92 Å². The number of H-pyrrole nitrogens is 1. The van der Waals surface area contributed by atoms with E-state index in [0.717, 1.165) is 28.1 Å². The smallest absolute Gasteiger partial charge is 0.260 e. The van der Waals surface area contributed by atoms with E-state index in [-0.39, 0.29) is 17.2 Å². The highest BCUT2D eigenvalue weighted by Gasteiger charge is 2.17. The third-order valence-corrected chi connectivity index (χ3v) is 5.97. The van der Waals surface area contributed by atoms with Gasteiger partial charge in [0.1, 0.15) is 4.83 Å². The maximum atomic E-state index is 12.5. The molecule has 0 aliphatic rings. The van der Waals surface area contributed by atoms with Gasteiger partial charge in [0.15, 0.2) is 5.16 Å². The van der Waals surface area contributed by atoms with Crippen LogP contribution in [0, 0.1) is 12.8 Å². The molecule has 0 unspecified atom stereocenters. The first-order valence-electron chi connectivity index (χ1n) is 8.37. The maximum Gasteiger partial charge on any atom is 0.260 e. The average molecular weight is 384 g/mol. The van der Waals surface area contributed by atoms with Crippen molar-refractivity contribution in [3.63, 3.8) is 0 Å². The SMILES string of the molecule is CC[C@@H](C)Cc1c(C)sc2nc(SCC(=O)NCCOC)[nH]c(=O)c12. The minimum atomic E-state index is -0.116. The second-order valence-corrected chi connectivity index (χ2v) is 8.20. The fraction of sp³-hybridized carbons (Fsp3) is 0.588. The lowest BCUT2D eigenvalue weighted by molar-refractivity contribution is -0.118. The number of thiophene rings is 1. The molecule has 0 aromatic carbocycles. The summed E-state index contributed by atoms with van der Waals surface area (Å²) in [5.41, 5.74) is 0.993. The van der Waals surface area contributed by atoms with E-state index in [1.165, 1.54) is 11.8 Å². The number of thioether (sulfide) groups is 1. The molecule has 0 fully saturated rings. The van der Waals surface area contributed by atoms with Gasteiger partial charge in [0.05, 0.1) is 17.7 Å². The number of ether oxygens (including phenoxy) is 1. The number of aromatic amines is 1. The Balaban J connectivity index is 2.14. The molecule has 25 heavy (non-hydrogen) atoms. The van der Waals surface area contributed by atoms with Crippen molar-refractivity contribution >= 4 is 39.2 Å². The van der Waals surface area contributed by atoms with E-state index in [0.29, 0.717) is 29.6 Å². The predicted octanol–water partition coefficient (Wildman–Crippen LogP) is 2.74. The summed E-state index contributed by atoms with van der Waals surface area (Å²) in [5, 5.41) is 3.93. The summed E-state index contributed by atoms with van der Waals surface area (Å²) in [6, 6.07) is 0. The second-order valence-electron chi connectivity index (χ2n) is 6.04. The number of hydrogen-bond acceptors (Lipinski definition) is 6. The number of fused-ring (bicyclic) bond motifs is 1. The van der Waals surface area contributed by atoms with Crippen LogP contribution in [-0.2, 0) is 16.0 Å². The Morgan fingerprint density at radius 1 is 1.48 bits per heavy atom. The molecule has 0 saturated heterocycles. The fourth-order valence-corrected chi connectivity index (χ4v) is 4.24. The second kappa shape index (κ2) is 9.35. The lowest BCUT2D eigenvalue weighted by Crippen LogP contribution is -2.28. The lowest BCUT2D eigenvalue weighted by Gasteiger charge is -2.08. The summed E-state index contributed by atoms with van der Waals surface area (Å²) >= 11 is 2.79.